The minimum absolute atomic E-state index is 0.502. The van der Waals surface area contributed by atoms with Crippen molar-refractivity contribution in [2.24, 2.45) is 11.8 Å². The fraction of sp³-hybridized carbons (Fsp3) is 0.867. The van der Waals surface area contributed by atoms with E-state index in [-0.39, 0.29) is 0 Å². The Morgan fingerprint density at radius 1 is 1.16 bits per heavy atom. The van der Waals surface area contributed by atoms with Crippen LogP contribution in [0.2, 0.25) is 0 Å². The molecule has 2 atom stereocenters. The Morgan fingerprint density at radius 3 is 2.47 bits per heavy atom. The van der Waals surface area contributed by atoms with Crippen LogP contribution >= 0.6 is 0 Å². The van der Waals surface area contributed by atoms with Crippen molar-refractivity contribution in [3.8, 4) is 0 Å². The van der Waals surface area contributed by atoms with Gasteiger partial charge < -0.3 is 0 Å². The lowest BCUT2D eigenvalue weighted by Gasteiger charge is -2.21. The topological polar surface area (TPSA) is 34.0 Å². The number of rotatable bonds is 4. The molecule has 1 aromatic rings. The number of aromatic nitrogens is 3. The lowest BCUT2D eigenvalue weighted by molar-refractivity contribution is 0.253. The second kappa shape index (κ2) is 4.89. The van der Waals surface area contributed by atoms with Gasteiger partial charge in [0.05, 0.1) is 11.7 Å². The zero-order valence-corrected chi connectivity index (χ0v) is 12.6. The highest BCUT2D eigenvalue weighted by atomic mass is 15.5. The van der Waals surface area contributed by atoms with E-state index >= 15 is 0 Å². The molecular formula is C15H26N4. The molecule has 0 spiro atoms. The summed E-state index contributed by atoms with van der Waals surface area (Å²) in [5.74, 6) is 2.09. The van der Waals surface area contributed by atoms with Crippen LogP contribution in [0.1, 0.15) is 58.2 Å². The molecule has 1 aliphatic carbocycles. The maximum absolute atomic E-state index is 4.43. The van der Waals surface area contributed by atoms with Crippen molar-refractivity contribution in [3.05, 3.63) is 11.9 Å². The van der Waals surface area contributed by atoms with Gasteiger partial charge in [-0.05, 0) is 38.5 Å². The van der Waals surface area contributed by atoms with Crippen LogP contribution in [0, 0.1) is 11.8 Å². The standard InChI is InChI=1S/C15H26N4/c1-10(2)13-7-18(11(3)4)9-15(13)19-8-14(16-17-19)12-5-6-12/h8,10-13,15H,5-7,9H2,1-4H3. The Bertz CT molecular complexity index is 433. The van der Waals surface area contributed by atoms with Gasteiger partial charge in [0.25, 0.3) is 0 Å². The van der Waals surface area contributed by atoms with Gasteiger partial charge in [0, 0.05) is 31.2 Å². The minimum Gasteiger partial charge on any atom is -0.298 e. The normalized spacial score (nSPS) is 28.7. The molecule has 0 amide bonds. The predicted molar refractivity (Wildman–Crippen MR) is 76.1 cm³/mol. The minimum atomic E-state index is 0.502. The Hall–Kier alpha value is -0.900. The van der Waals surface area contributed by atoms with E-state index in [1.54, 1.807) is 0 Å². The summed E-state index contributed by atoms with van der Waals surface area (Å²) >= 11 is 0. The van der Waals surface area contributed by atoms with Crippen molar-refractivity contribution >= 4 is 0 Å². The fourth-order valence-corrected chi connectivity index (χ4v) is 3.22. The van der Waals surface area contributed by atoms with Crippen molar-refractivity contribution in [3.63, 3.8) is 0 Å². The van der Waals surface area contributed by atoms with Crippen molar-refractivity contribution < 1.29 is 0 Å². The summed E-state index contributed by atoms with van der Waals surface area (Å²) in [6.07, 6.45) is 4.81. The second-order valence-corrected chi connectivity index (χ2v) is 6.92. The first-order valence-corrected chi connectivity index (χ1v) is 7.72. The number of hydrogen-bond acceptors (Lipinski definition) is 3. The number of nitrogens with zero attached hydrogens (tertiary/aromatic N) is 4. The monoisotopic (exact) mass is 262 g/mol. The molecule has 2 unspecified atom stereocenters. The third kappa shape index (κ3) is 2.55. The van der Waals surface area contributed by atoms with Crippen LogP contribution in [0.4, 0.5) is 0 Å². The van der Waals surface area contributed by atoms with E-state index in [0.717, 1.165) is 6.54 Å². The average Bonchev–Trinajstić information content (AvgIpc) is 2.93. The van der Waals surface area contributed by atoms with Crippen LogP contribution in [0.5, 0.6) is 0 Å². The predicted octanol–water partition coefficient (Wildman–Crippen LogP) is 2.69. The SMILES string of the molecule is CC(C)C1CN(C(C)C)CC1n1cc(C2CC2)nn1. The molecule has 1 saturated carbocycles. The smallest absolute Gasteiger partial charge is 0.0858 e. The quantitative estimate of drug-likeness (QED) is 0.836. The Balaban J connectivity index is 1.79. The Kier molecular flexibility index (Phi) is 3.37. The van der Waals surface area contributed by atoms with Gasteiger partial charge >= 0.3 is 0 Å². The zero-order valence-electron chi connectivity index (χ0n) is 12.6. The highest BCUT2D eigenvalue weighted by molar-refractivity contribution is 5.10. The molecule has 0 radical (unpaired) electrons. The first kappa shape index (κ1) is 13.1. The van der Waals surface area contributed by atoms with Gasteiger partial charge in [-0.15, -0.1) is 5.10 Å². The van der Waals surface area contributed by atoms with Crippen molar-refractivity contribution in [1.82, 2.24) is 19.9 Å². The molecule has 3 rings (SSSR count). The first-order chi connectivity index (χ1) is 9.06. The van der Waals surface area contributed by atoms with Crippen LogP contribution in [0.15, 0.2) is 6.20 Å². The summed E-state index contributed by atoms with van der Waals surface area (Å²) < 4.78 is 2.15. The maximum Gasteiger partial charge on any atom is 0.0858 e. The number of likely N-dealkylation sites (tertiary alicyclic amines) is 1. The molecule has 106 valence electrons. The summed E-state index contributed by atoms with van der Waals surface area (Å²) in [6.45, 7) is 11.6. The molecular weight excluding hydrogens is 236 g/mol. The van der Waals surface area contributed by atoms with E-state index in [2.05, 4.69) is 53.8 Å². The van der Waals surface area contributed by atoms with E-state index in [0.29, 0.717) is 29.8 Å². The molecule has 2 aliphatic rings. The van der Waals surface area contributed by atoms with E-state index in [1.165, 1.54) is 25.1 Å². The van der Waals surface area contributed by atoms with Crippen molar-refractivity contribution in [2.45, 2.75) is 58.5 Å². The highest BCUT2D eigenvalue weighted by Gasteiger charge is 2.38. The number of hydrogen-bond donors (Lipinski definition) is 0. The third-order valence-corrected chi connectivity index (χ3v) is 4.81. The second-order valence-electron chi connectivity index (χ2n) is 6.92. The largest absolute Gasteiger partial charge is 0.298 e. The van der Waals surface area contributed by atoms with Crippen molar-refractivity contribution in [2.75, 3.05) is 13.1 Å². The molecule has 0 N–H and O–H groups in total. The summed E-state index contributed by atoms with van der Waals surface area (Å²) in [5, 5.41) is 8.81. The highest BCUT2D eigenvalue weighted by Crippen LogP contribution is 2.40. The Morgan fingerprint density at radius 2 is 1.89 bits per heavy atom. The summed E-state index contributed by atoms with van der Waals surface area (Å²) in [6, 6.07) is 1.13. The summed E-state index contributed by atoms with van der Waals surface area (Å²) in [4.78, 5) is 2.58. The van der Waals surface area contributed by atoms with Gasteiger partial charge in [0.2, 0.25) is 0 Å². The van der Waals surface area contributed by atoms with Gasteiger partial charge in [0.1, 0.15) is 0 Å². The molecule has 1 aromatic heterocycles. The molecule has 2 fully saturated rings. The summed E-state index contributed by atoms with van der Waals surface area (Å²) in [7, 11) is 0. The third-order valence-electron chi connectivity index (χ3n) is 4.81. The van der Waals surface area contributed by atoms with Crippen LogP contribution in [-0.2, 0) is 0 Å². The van der Waals surface area contributed by atoms with Crippen LogP contribution in [0.3, 0.4) is 0 Å². The van der Waals surface area contributed by atoms with Crippen LogP contribution in [-0.4, -0.2) is 39.0 Å². The van der Waals surface area contributed by atoms with E-state index in [9.17, 15) is 0 Å². The molecule has 0 bridgehead atoms. The molecule has 0 aromatic carbocycles. The molecule has 2 heterocycles. The molecule has 4 heteroatoms. The van der Waals surface area contributed by atoms with Gasteiger partial charge in [-0.1, -0.05) is 19.1 Å². The van der Waals surface area contributed by atoms with Crippen LogP contribution < -0.4 is 0 Å². The lowest BCUT2D eigenvalue weighted by atomic mass is 9.91. The van der Waals surface area contributed by atoms with Gasteiger partial charge in [-0.25, -0.2) is 4.68 Å². The average molecular weight is 262 g/mol. The Labute approximate surface area is 116 Å². The molecule has 19 heavy (non-hydrogen) atoms. The van der Waals surface area contributed by atoms with Crippen LogP contribution in [0.25, 0.3) is 0 Å². The lowest BCUT2D eigenvalue weighted by Crippen LogP contribution is -2.29. The zero-order chi connectivity index (χ0) is 13.6. The first-order valence-electron chi connectivity index (χ1n) is 7.72. The van der Waals surface area contributed by atoms with Gasteiger partial charge in [0.15, 0.2) is 0 Å². The van der Waals surface area contributed by atoms with Gasteiger partial charge in [-0.2, -0.15) is 0 Å². The fourth-order valence-electron chi connectivity index (χ4n) is 3.22. The van der Waals surface area contributed by atoms with E-state index in [4.69, 9.17) is 0 Å². The van der Waals surface area contributed by atoms with E-state index < -0.39 is 0 Å². The van der Waals surface area contributed by atoms with Crippen molar-refractivity contribution in [1.29, 1.82) is 0 Å². The maximum atomic E-state index is 4.43. The molecule has 4 nitrogen and oxygen atoms in total. The van der Waals surface area contributed by atoms with Gasteiger partial charge in [-0.3, -0.25) is 4.90 Å². The summed E-state index contributed by atoms with van der Waals surface area (Å²) in [5.41, 5.74) is 1.21. The molecule has 1 saturated heterocycles. The van der Waals surface area contributed by atoms with E-state index in [1.807, 2.05) is 0 Å². The molecule has 1 aliphatic heterocycles.